The molecule has 2 atom stereocenters. The van der Waals surface area contributed by atoms with Gasteiger partial charge >= 0.3 is 0 Å². The number of rotatable bonds is 4. The van der Waals surface area contributed by atoms with Crippen molar-refractivity contribution in [1.82, 2.24) is 0 Å². The zero-order valence-corrected chi connectivity index (χ0v) is 13.8. The Kier molecular flexibility index (Phi) is 5.08. The molecule has 1 amide bonds. The molecule has 0 radical (unpaired) electrons. The van der Waals surface area contributed by atoms with Crippen LogP contribution in [0.1, 0.15) is 13.8 Å². The largest absolute Gasteiger partial charge is 0.369 e. The second kappa shape index (κ2) is 6.66. The van der Waals surface area contributed by atoms with Gasteiger partial charge in [0.15, 0.2) is 9.84 Å². The van der Waals surface area contributed by atoms with Crippen LogP contribution in [0.3, 0.4) is 0 Å². The summed E-state index contributed by atoms with van der Waals surface area (Å²) in [6.45, 7) is 4.56. The van der Waals surface area contributed by atoms with Gasteiger partial charge in [0.2, 0.25) is 5.91 Å². The highest BCUT2D eigenvalue weighted by molar-refractivity contribution is 7.91. The van der Waals surface area contributed by atoms with E-state index in [9.17, 15) is 13.2 Å². The average Bonchev–Trinajstić information content (AvgIpc) is 2.46. The number of sulfone groups is 1. The molecule has 0 saturated carbocycles. The second-order valence-electron chi connectivity index (χ2n) is 5.83. The lowest BCUT2D eigenvalue weighted by Crippen LogP contribution is -2.40. The molecular formula is C15H23N3O3S. The lowest BCUT2D eigenvalue weighted by Gasteiger charge is -2.29. The number of amides is 1. The highest BCUT2D eigenvalue weighted by Crippen LogP contribution is 2.22. The minimum absolute atomic E-state index is 0.117. The number of carbonyl (C=O) groups excluding carboxylic acids is 1. The van der Waals surface area contributed by atoms with E-state index in [2.05, 4.69) is 5.32 Å². The molecule has 0 aromatic heterocycles. The Bertz CT molecular complexity index is 629. The van der Waals surface area contributed by atoms with Crippen LogP contribution < -0.4 is 16.0 Å². The van der Waals surface area contributed by atoms with E-state index < -0.39 is 9.84 Å². The standard InChI is InChI=1S/C15H23N3O3S/c1-11(12(2)16)15(19)17-13-4-3-5-14(10-13)18-6-8-22(20,21)9-7-18/h3-5,10-12H,6-9,16H2,1-2H3,(H,17,19). The minimum atomic E-state index is -2.90. The molecule has 1 aromatic carbocycles. The molecule has 22 heavy (non-hydrogen) atoms. The number of anilines is 2. The maximum absolute atomic E-state index is 12.0. The van der Waals surface area contributed by atoms with E-state index >= 15 is 0 Å². The summed E-state index contributed by atoms with van der Waals surface area (Å²) in [5, 5.41) is 2.85. The van der Waals surface area contributed by atoms with E-state index in [-0.39, 0.29) is 29.4 Å². The normalized spacial score (nSPS) is 20.2. The quantitative estimate of drug-likeness (QED) is 0.856. The lowest BCUT2D eigenvalue weighted by atomic mass is 10.0. The van der Waals surface area contributed by atoms with E-state index in [1.165, 1.54) is 0 Å². The maximum Gasteiger partial charge on any atom is 0.228 e. The monoisotopic (exact) mass is 325 g/mol. The van der Waals surface area contributed by atoms with Crippen LogP contribution in [0.2, 0.25) is 0 Å². The number of hydrogen-bond donors (Lipinski definition) is 2. The molecule has 1 aromatic rings. The summed E-state index contributed by atoms with van der Waals surface area (Å²) in [5.74, 6) is -0.0477. The van der Waals surface area contributed by atoms with E-state index in [0.29, 0.717) is 18.8 Å². The Labute approximate surface area is 131 Å². The molecule has 0 aliphatic carbocycles. The van der Waals surface area contributed by atoms with Crippen molar-refractivity contribution in [2.24, 2.45) is 11.7 Å². The fraction of sp³-hybridized carbons (Fsp3) is 0.533. The van der Waals surface area contributed by atoms with Crippen LogP contribution >= 0.6 is 0 Å². The van der Waals surface area contributed by atoms with Crippen molar-refractivity contribution in [3.63, 3.8) is 0 Å². The molecule has 3 N–H and O–H groups in total. The highest BCUT2D eigenvalue weighted by atomic mass is 32.2. The number of nitrogens with two attached hydrogens (primary N) is 1. The van der Waals surface area contributed by atoms with Gasteiger partial charge in [0, 0.05) is 30.5 Å². The summed E-state index contributed by atoms with van der Waals surface area (Å²) in [7, 11) is -2.90. The van der Waals surface area contributed by atoms with E-state index in [1.54, 1.807) is 13.8 Å². The summed E-state index contributed by atoms with van der Waals surface area (Å²) < 4.78 is 23.0. The van der Waals surface area contributed by atoms with Gasteiger partial charge in [0.1, 0.15) is 0 Å². The smallest absolute Gasteiger partial charge is 0.228 e. The van der Waals surface area contributed by atoms with Gasteiger partial charge in [-0.15, -0.1) is 0 Å². The first-order valence-electron chi connectivity index (χ1n) is 7.40. The van der Waals surface area contributed by atoms with Crippen LogP contribution in [0.25, 0.3) is 0 Å². The summed E-state index contributed by atoms with van der Waals surface area (Å²) >= 11 is 0. The summed E-state index contributed by atoms with van der Waals surface area (Å²) in [6, 6.07) is 7.24. The van der Waals surface area contributed by atoms with Gasteiger partial charge in [0.25, 0.3) is 0 Å². The van der Waals surface area contributed by atoms with E-state index in [0.717, 1.165) is 5.69 Å². The Morgan fingerprint density at radius 1 is 1.27 bits per heavy atom. The first-order chi connectivity index (χ1) is 10.3. The zero-order chi connectivity index (χ0) is 16.3. The van der Waals surface area contributed by atoms with Crippen LogP contribution in [-0.2, 0) is 14.6 Å². The zero-order valence-electron chi connectivity index (χ0n) is 13.0. The van der Waals surface area contributed by atoms with Gasteiger partial charge in [-0.1, -0.05) is 13.0 Å². The van der Waals surface area contributed by atoms with Gasteiger partial charge in [0.05, 0.1) is 17.4 Å². The average molecular weight is 325 g/mol. The fourth-order valence-electron chi connectivity index (χ4n) is 2.25. The molecule has 1 aliphatic rings. The molecule has 0 spiro atoms. The van der Waals surface area contributed by atoms with Crippen LogP contribution in [0.5, 0.6) is 0 Å². The summed E-state index contributed by atoms with van der Waals surface area (Å²) in [5.41, 5.74) is 7.35. The van der Waals surface area contributed by atoms with Crippen LogP contribution in [0.4, 0.5) is 11.4 Å². The van der Waals surface area contributed by atoms with Gasteiger partial charge < -0.3 is 16.0 Å². The van der Waals surface area contributed by atoms with Gasteiger partial charge in [-0.2, -0.15) is 0 Å². The number of benzene rings is 1. The molecule has 122 valence electrons. The minimum Gasteiger partial charge on any atom is -0.369 e. The molecule has 2 rings (SSSR count). The molecule has 1 aliphatic heterocycles. The van der Waals surface area contributed by atoms with Gasteiger partial charge in [-0.25, -0.2) is 8.42 Å². The van der Waals surface area contributed by atoms with E-state index in [1.807, 2.05) is 29.2 Å². The SMILES string of the molecule is CC(N)C(C)C(=O)Nc1cccc(N2CCS(=O)(=O)CC2)c1. The molecule has 1 fully saturated rings. The van der Waals surface area contributed by atoms with Crippen molar-refractivity contribution in [3.8, 4) is 0 Å². The van der Waals surface area contributed by atoms with Crippen LogP contribution in [0, 0.1) is 5.92 Å². The van der Waals surface area contributed by atoms with Crippen molar-refractivity contribution >= 4 is 27.1 Å². The summed E-state index contributed by atoms with van der Waals surface area (Å²) in [4.78, 5) is 14.1. The third-order valence-corrected chi connectivity index (χ3v) is 5.63. The molecule has 2 unspecified atom stereocenters. The Morgan fingerprint density at radius 2 is 1.91 bits per heavy atom. The van der Waals surface area contributed by atoms with Gasteiger partial charge in [-0.05, 0) is 25.1 Å². The first-order valence-corrected chi connectivity index (χ1v) is 9.22. The van der Waals surface area contributed by atoms with Crippen molar-refractivity contribution in [2.75, 3.05) is 34.8 Å². The highest BCUT2D eigenvalue weighted by Gasteiger charge is 2.22. The first kappa shape index (κ1) is 16.8. The van der Waals surface area contributed by atoms with Crippen LogP contribution in [0.15, 0.2) is 24.3 Å². The summed E-state index contributed by atoms with van der Waals surface area (Å²) in [6.07, 6.45) is 0. The van der Waals surface area contributed by atoms with E-state index in [4.69, 9.17) is 5.73 Å². The Balaban J connectivity index is 2.06. The number of nitrogens with one attached hydrogen (secondary N) is 1. The molecule has 1 heterocycles. The molecule has 6 nitrogen and oxygen atoms in total. The van der Waals surface area contributed by atoms with Crippen molar-refractivity contribution in [1.29, 1.82) is 0 Å². The third kappa shape index (κ3) is 4.20. The molecular weight excluding hydrogens is 302 g/mol. The molecule has 0 bridgehead atoms. The fourth-order valence-corrected chi connectivity index (χ4v) is 3.45. The predicted molar refractivity (Wildman–Crippen MR) is 88.8 cm³/mol. The topological polar surface area (TPSA) is 92.5 Å². The maximum atomic E-state index is 12.0. The Morgan fingerprint density at radius 3 is 2.50 bits per heavy atom. The lowest BCUT2D eigenvalue weighted by molar-refractivity contribution is -0.119. The van der Waals surface area contributed by atoms with Gasteiger partial charge in [-0.3, -0.25) is 4.79 Å². The van der Waals surface area contributed by atoms with Crippen molar-refractivity contribution in [2.45, 2.75) is 19.9 Å². The number of nitrogens with zero attached hydrogens (tertiary/aromatic N) is 1. The van der Waals surface area contributed by atoms with Crippen molar-refractivity contribution < 1.29 is 13.2 Å². The van der Waals surface area contributed by atoms with Crippen LogP contribution in [-0.4, -0.2) is 45.0 Å². The third-order valence-electron chi connectivity index (χ3n) is 4.03. The number of carbonyl (C=O) groups is 1. The Hall–Kier alpha value is -1.60. The predicted octanol–water partition coefficient (Wildman–Crippen LogP) is 0.843. The van der Waals surface area contributed by atoms with Crippen molar-refractivity contribution in [3.05, 3.63) is 24.3 Å². The number of hydrogen-bond acceptors (Lipinski definition) is 5. The molecule has 7 heteroatoms. The molecule has 1 saturated heterocycles. The second-order valence-corrected chi connectivity index (χ2v) is 8.13.